The first-order valence-electron chi connectivity index (χ1n) is 7.55. The van der Waals surface area contributed by atoms with Crippen molar-refractivity contribution in [2.45, 2.75) is 39.5 Å². The molecule has 6 nitrogen and oxygen atoms in total. The number of hydrogen-bond acceptors (Lipinski definition) is 6. The fraction of sp³-hybridized carbons (Fsp3) is 0.714. The summed E-state index contributed by atoms with van der Waals surface area (Å²) in [5, 5.41) is 6.67. The molecule has 1 amide bonds. The van der Waals surface area contributed by atoms with Gasteiger partial charge in [-0.05, 0) is 19.3 Å². The van der Waals surface area contributed by atoms with Gasteiger partial charge in [0.25, 0.3) is 5.91 Å². The normalized spacial score (nSPS) is 10.6. The zero-order valence-corrected chi connectivity index (χ0v) is 13.7. The summed E-state index contributed by atoms with van der Waals surface area (Å²) in [5.74, 6) is 0.124. The van der Waals surface area contributed by atoms with E-state index in [1.165, 1.54) is 11.3 Å². The Hall–Kier alpha value is -1.34. The zero-order valence-electron chi connectivity index (χ0n) is 12.9. The summed E-state index contributed by atoms with van der Waals surface area (Å²) in [7, 11) is 0. The summed E-state index contributed by atoms with van der Waals surface area (Å²) in [6.45, 7) is 7.07. The van der Waals surface area contributed by atoms with Gasteiger partial charge in [-0.25, -0.2) is 4.98 Å². The highest BCUT2D eigenvalue weighted by atomic mass is 32.1. The highest BCUT2D eigenvalue weighted by molar-refractivity contribution is 7.18. The number of nitrogen functional groups attached to an aromatic ring is 1. The van der Waals surface area contributed by atoms with Crippen LogP contribution in [0.5, 0.6) is 0 Å². The molecule has 0 spiro atoms. The Labute approximate surface area is 130 Å². The second-order valence-corrected chi connectivity index (χ2v) is 5.73. The monoisotopic (exact) mass is 314 g/mol. The molecule has 0 saturated carbocycles. The van der Waals surface area contributed by atoms with Crippen molar-refractivity contribution in [3.63, 3.8) is 0 Å². The van der Waals surface area contributed by atoms with Crippen LogP contribution in [0.3, 0.4) is 0 Å². The maximum Gasteiger partial charge on any atom is 0.265 e. The first-order valence-corrected chi connectivity index (χ1v) is 8.36. The van der Waals surface area contributed by atoms with Crippen molar-refractivity contribution in [2.24, 2.45) is 0 Å². The second kappa shape index (κ2) is 10.4. The minimum absolute atomic E-state index is 0.164. The fourth-order valence-corrected chi connectivity index (χ4v) is 2.43. The van der Waals surface area contributed by atoms with Gasteiger partial charge >= 0.3 is 0 Å². The van der Waals surface area contributed by atoms with Crippen LogP contribution in [0.25, 0.3) is 0 Å². The number of carbonyl (C=O) groups is 1. The lowest BCUT2D eigenvalue weighted by Crippen LogP contribution is -2.25. The van der Waals surface area contributed by atoms with Gasteiger partial charge in [-0.2, -0.15) is 0 Å². The molecular formula is C14H26N4O2S. The molecule has 0 unspecified atom stereocenters. The van der Waals surface area contributed by atoms with Crippen molar-refractivity contribution < 1.29 is 9.53 Å². The molecule has 0 aliphatic heterocycles. The van der Waals surface area contributed by atoms with Crippen molar-refractivity contribution in [3.8, 4) is 0 Å². The summed E-state index contributed by atoms with van der Waals surface area (Å²) >= 11 is 1.29. The Bertz CT molecular complexity index is 423. The van der Waals surface area contributed by atoms with Gasteiger partial charge in [0, 0.05) is 26.3 Å². The number of hydrogen-bond donors (Lipinski definition) is 3. The highest BCUT2D eigenvalue weighted by Gasteiger charge is 2.15. The van der Waals surface area contributed by atoms with Gasteiger partial charge in [0.15, 0.2) is 5.13 Å². The number of rotatable bonds is 11. The maximum absolute atomic E-state index is 12.0. The molecule has 7 heteroatoms. The first kappa shape index (κ1) is 17.7. The zero-order chi connectivity index (χ0) is 15.5. The predicted molar refractivity (Wildman–Crippen MR) is 88.0 cm³/mol. The Morgan fingerprint density at radius 3 is 2.71 bits per heavy atom. The Morgan fingerprint density at radius 1 is 1.24 bits per heavy atom. The largest absolute Gasteiger partial charge is 0.382 e. The standard InChI is InChI=1S/C14H26N4O2S/c1-3-5-9-20-10-6-8-16-13(19)11-12(15)18-14(21-11)17-7-4-2/h3-10,15H2,1-2H3,(H,16,19)(H,17,18). The molecule has 0 aliphatic rings. The van der Waals surface area contributed by atoms with Crippen molar-refractivity contribution in [1.29, 1.82) is 0 Å². The molecule has 1 aromatic rings. The van der Waals surface area contributed by atoms with E-state index in [-0.39, 0.29) is 11.7 Å². The van der Waals surface area contributed by atoms with Crippen LogP contribution < -0.4 is 16.4 Å². The average Bonchev–Trinajstić information content (AvgIpc) is 2.85. The van der Waals surface area contributed by atoms with E-state index < -0.39 is 0 Å². The summed E-state index contributed by atoms with van der Waals surface area (Å²) in [4.78, 5) is 16.6. The summed E-state index contributed by atoms with van der Waals surface area (Å²) in [6.07, 6.45) is 4.02. The van der Waals surface area contributed by atoms with Gasteiger partial charge in [-0.1, -0.05) is 31.6 Å². The van der Waals surface area contributed by atoms with Gasteiger partial charge in [0.05, 0.1) is 0 Å². The molecule has 0 aromatic carbocycles. The number of anilines is 2. The minimum atomic E-state index is -0.164. The Balaban J connectivity index is 2.26. The quantitative estimate of drug-likeness (QED) is 0.546. The van der Waals surface area contributed by atoms with Crippen molar-refractivity contribution >= 4 is 28.2 Å². The van der Waals surface area contributed by atoms with Crippen molar-refractivity contribution in [2.75, 3.05) is 37.4 Å². The number of aromatic nitrogens is 1. The van der Waals surface area contributed by atoms with Gasteiger partial charge in [0.2, 0.25) is 0 Å². The first-order chi connectivity index (χ1) is 10.2. The van der Waals surface area contributed by atoms with Crippen LogP contribution in [0.15, 0.2) is 0 Å². The molecule has 1 rings (SSSR count). The van der Waals surface area contributed by atoms with Gasteiger partial charge < -0.3 is 21.1 Å². The molecule has 0 saturated heterocycles. The molecule has 1 heterocycles. The Kier molecular flexibility index (Phi) is 8.77. The Morgan fingerprint density at radius 2 is 2.00 bits per heavy atom. The lowest BCUT2D eigenvalue weighted by atomic mass is 10.3. The predicted octanol–water partition coefficient (Wildman–Crippen LogP) is 2.48. The topological polar surface area (TPSA) is 89.3 Å². The van der Waals surface area contributed by atoms with E-state index in [2.05, 4.69) is 29.5 Å². The third-order valence-corrected chi connectivity index (χ3v) is 3.81. The number of amides is 1. The van der Waals surface area contributed by atoms with Crippen LogP contribution in [0.1, 0.15) is 49.2 Å². The van der Waals surface area contributed by atoms with Crippen molar-refractivity contribution in [1.82, 2.24) is 10.3 Å². The highest BCUT2D eigenvalue weighted by Crippen LogP contribution is 2.24. The molecule has 120 valence electrons. The minimum Gasteiger partial charge on any atom is -0.382 e. The van der Waals surface area contributed by atoms with Crippen LogP contribution in [0, 0.1) is 0 Å². The lowest BCUT2D eigenvalue weighted by Gasteiger charge is -2.05. The summed E-state index contributed by atoms with van der Waals surface area (Å²) in [6, 6.07) is 0. The number of nitrogens with one attached hydrogen (secondary N) is 2. The SMILES string of the molecule is CCCCOCCCNC(=O)c1sc(NCCC)nc1N. The van der Waals surface area contributed by atoms with Crippen LogP contribution in [0.2, 0.25) is 0 Å². The molecule has 0 atom stereocenters. The third kappa shape index (κ3) is 6.77. The molecule has 0 bridgehead atoms. The molecule has 21 heavy (non-hydrogen) atoms. The molecule has 0 radical (unpaired) electrons. The van der Waals surface area contributed by atoms with E-state index in [1.807, 2.05) is 0 Å². The van der Waals surface area contributed by atoms with E-state index in [1.54, 1.807) is 0 Å². The molecular weight excluding hydrogens is 288 g/mol. The average molecular weight is 314 g/mol. The number of unbranched alkanes of at least 4 members (excludes halogenated alkanes) is 1. The molecule has 0 aliphatic carbocycles. The third-order valence-electron chi connectivity index (χ3n) is 2.78. The smallest absolute Gasteiger partial charge is 0.265 e. The maximum atomic E-state index is 12.0. The second-order valence-electron chi connectivity index (χ2n) is 4.74. The number of carbonyl (C=O) groups excluding carboxylic acids is 1. The van der Waals surface area contributed by atoms with Crippen LogP contribution >= 0.6 is 11.3 Å². The van der Waals surface area contributed by atoms with Gasteiger partial charge in [-0.15, -0.1) is 0 Å². The lowest BCUT2D eigenvalue weighted by molar-refractivity contribution is 0.0945. The summed E-state index contributed by atoms with van der Waals surface area (Å²) < 4.78 is 5.44. The number of nitrogens with zero attached hydrogens (tertiary/aromatic N) is 1. The van der Waals surface area contributed by atoms with E-state index in [0.29, 0.717) is 23.2 Å². The molecule has 4 N–H and O–H groups in total. The van der Waals surface area contributed by atoms with E-state index >= 15 is 0 Å². The van der Waals surface area contributed by atoms with Crippen LogP contribution in [0.4, 0.5) is 10.9 Å². The van der Waals surface area contributed by atoms with E-state index in [4.69, 9.17) is 10.5 Å². The van der Waals surface area contributed by atoms with E-state index in [0.717, 1.165) is 38.8 Å². The summed E-state index contributed by atoms with van der Waals surface area (Å²) in [5.41, 5.74) is 5.77. The van der Waals surface area contributed by atoms with Crippen LogP contribution in [-0.4, -0.2) is 37.2 Å². The number of nitrogens with two attached hydrogens (primary N) is 1. The molecule has 1 aromatic heterocycles. The number of ether oxygens (including phenoxy) is 1. The molecule has 0 fully saturated rings. The van der Waals surface area contributed by atoms with Gasteiger partial charge in [0.1, 0.15) is 10.7 Å². The number of thiazole rings is 1. The van der Waals surface area contributed by atoms with Crippen LogP contribution in [-0.2, 0) is 4.74 Å². The van der Waals surface area contributed by atoms with Gasteiger partial charge in [-0.3, -0.25) is 4.79 Å². The van der Waals surface area contributed by atoms with E-state index in [9.17, 15) is 4.79 Å². The fourth-order valence-electron chi connectivity index (χ4n) is 1.61. The van der Waals surface area contributed by atoms with Crippen molar-refractivity contribution in [3.05, 3.63) is 4.88 Å².